The number of nitrogens with zero attached hydrogens (tertiary/aromatic N) is 9. The number of aromatic amines is 1. The summed E-state index contributed by atoms with van der Waals surface area (Å²) in [5, 5.41) is 10.8. The molecule has 6 heterocycles. The van der Waals surface area contributed by atoms with Crippen LogP contribution >= 0.6 is 23.2 Å². The Morgan fingerprint density at radius 2 is 1.56 bits per heavy atom. The summed E-state index contributed by atoms with van der Waals surface area (Å²) < 4.78 is 40.2. The summed E-state index contributed by atoms with van der Waals surface area (Å²) in [6.07, 6.45) is 10.5. The van der Waals surface area contributed by atoms with Crippen molar-refractivity contribution in [2.24, 2.45) is 4.99 Å². The summed E-state index contributed by atoms with van der Waals surface area (Å²) in [7, 11) is 1.58. The molecule has 4 aromatic carbocycles. The third-order valence-corrected chi connectivity index (χ3v) is 13.8. The van der Waals surface area contributed by atoms with Gasteiger partial charge in [0.15, 0.2) is 0 Å². The maximum Gasteiger partial charge on any atom is 0.326 e. The number of carbonyl (C=O) groups excluding carboxylic acids is 3. The van der Waals surface area contributed by atoms with Crippen LogP contribution < -0.4 is 9.47 Å². The van der Waals surface area contributed by atoms with E-state index in [9.17, 15) is 14.0 Å². The van der Waals surface area contributed by atoms with Crippen molar-refractivity contribution in [3.8, 4) is 33.8 Å². The van der Waals surface area contributed by atoms with Gasteiger partial charge in [0, 0.05) is 88.2 Å². The topological polar surface area (TPSA) is 175 Å². The zero-order chi connectivity index (χ0) is 53.6. The number of rotatable bonds is 19. The van der Waals surface area contributed by atoms with Crippen LogP contribution in [0.1, 0.15) is 59.4 Å². The van der Waals surface area contributed by atoms with Gasteiger partial charge in [0.2, 0.25) is 11.8 Å². The van der Waals surface area contributed by atoms with Crippen LogP contribution in [0.4, 0.5) is 9.18 Å². The number of amidine groups is 1. The lowest BCUT2D eigenvalue weighted by atomic mass is 9.93. The predicted octanol–water partition coefficient (Wildman–Crippen LogP) is 10.2. The predicted molar refractivity (Wildman–Crippen MR) is 290 cm³/mol. The first-order valence-electron chi connectivity index (χ1n) is 25.2. The lowest BCUT2D eigenvalue weighted by molar-refractivity contribution is -0.135. The average Bonchev–Trinajstić information content (AvgIpc) is 4.32. The SMILES string of the molecule is COc1ccc(C2=N[C@H](c3ccc(Cl)cc3)[C@H](c3ccc(Cl)cc3)N2C(=O)N2CCN(CCOCCOCCC(=O)n3cc(-c4cnc5[nH]cc(-c6cnn(Cc7cccc(F)c7)c6)c5c4)cn3)C(=O)C2)c(OC(C)C)c1. The van der Waals surface area contributed by atoms with E-state index in [4.69, 9.17) is 47.1 Å². The van der Waals surface area contributed by atoms with E-state index in [1.165, 1.54) is 16.8 Å². The molecular formula is C57H55Cl2FN10O7. The molecule has 0 radical (unpaired) electrons. The van der Waals surface area contributed by atoms with Gasteiger partial charge in [-0.1, -0.05) is 59.6 Å². The number of H-pyrrole nitrogens is 1. The van der Waals surface area contributed by atoms with Crippen LogP contribution in [-0.2, 0) is 20.8 Å². The zero-order valence-corrected chi connectivity index (χ0v) is 44.0. The second-order valence-corrected chi connectivity index (χ2v) is 19.7. The Kier molecular flexibility index (Phi) is 16.1. The molecular weight excluding hydrogens is 1030 g/mol. The fourth-order valence-electron chi connectivity index (χ4n) is 9.47. The first-order chi connectivity index (χ1) is 37.4. The lowest BCUT2D eigenvalue weighted by Gasteiger charge is -2.38. The molecule has 20 heteroatoms. The molecule has 396 valence electrons. The van der Waals surface area contributed by atoms with Crippen molar-refractivity contribution < 1.29 is 37.7 Å². The van der Waals surface area contributed by atoms with Crippen LogP contribution in [0.15, 0.2) is 139 Å². The Labute approximate surface area is 453 Å². The Morgan fingerprint density at radius 3 is 2.30 bits per heavy atom. The molecule has 17 nitrogen and oxygen atoms in total. The van der Waals surface area contributed by atoms with Crippen molar-refractivity contribution in [3.05, 3.63) is 172 Å². The third-order valence-electron chi connectivity index (χ3n) is 13.3. The number of urea groups is 1. The van der Waals surface area contributed by atoms with Crippen molar-refractivity contribution in [2.45, 2.75) is 45.0 Å². The van der Waals surface area contributed by atoms with Gasteiger partial charge in [0.25, 0.3) is 0 Å². The highest BCUT2D eigenvalue weighted by Crippen LogP contribution is 2.46. The van der Waals surface area contributed by atoms with E-state index in [1.807, 2.05) is 68.7 Å². The molecule has 77 heavy (non-hydrogen) atoms. The molecule has 0 bridgehead atoms. The molecule has 0 unspecified atom stereocenters. The number of halogens is 3. The molecule has 2 aliphatic rings. The number of fused-ring (bicyclic) bond motifs is 1. The van der Waals surface area contributed by atoms with Crippen LogP contribution in [0.2, 0.25) is 10.0 Å². The summed E-state index contributed by atoms with van der Waals surface area (Å²) in [5.41, 5.74) is 7.01. The summed E-state index contributed by atoms with van der Waals surface area (Å²) in [5.74, 6) is 0.704. The number of aliphatic imine (C=N–C) groups is 1. The Bertz CT molecular complexity index is 3430. The minimum atomic E-state index is -0.624. The van der Waals surface area contributed by atoms with E-state index in [2.05, 4.69) is 20.2 Å². The molecule has 8 aromatic rings. The molecule has 0 aliphatic carbocycles. The molecule has 3 amide bonds. The van der Waals surface area contributed by atoms with E-state index in [1.54, 1.807) is 93.7 Å². The first-order valence-corrected chi connectivity index (χ1v) is 25.9. The number of hydrogen-bond donors (Lipinski definition) is 1. The molecule has 2 aliphatic heterocycles. The highest BCUT2D eigenvalue weighted by molar-refractivity contribution is 6.30. The van der Waals surface area contributed by atoms with Crippen molar-refractivity contribution in [1.82, 2.24) is 44.2 Å². The highest BCUT2D eigenvalue weighted by atomic mass is 35.5. The smallest absolute Gasteiger partial charge is 0.326 e. The van der Waals surface area contributed by atoms with Gasteiger partial charge in [-0.3, -0.25) is 24.2 Å². The summed E-state index contributed by atoms with van der Waals surface area (Å²) in [6, 6.07) is 27.0. The summed E-state index contributed by atoms with van der Waals surface area (Å²) >= 11 is 12.7. The van der Waals surface area contributed by atoms with Crippen LogP contribution in [0.5, 0.6) is 11.5 Å². The highest BCUT2D eigenvalue weighted by Gasteiger charge is 2.45. The first kappa shape index (κ1) is 52.5. The Balaban J connectivity index is 0.712. The van der Waals surface area contributed by atoms with E-state index in [-0.39, 0.29) is 75.7 Å². The number of ether oxygens (including phenoxy) is 4. The van der Waals surface area contributed by atoms with E-state index >= 15 is 4.79 Å². The van der Waals surface area contributed by atoms with Gasteiger partial charge in [-0.25, -0.2) is 18.9 Å². The van der Waals surface area contributed by atoms with Gasteiger partial charge in [0.1, 0.15) is 41.4 Å². The minimum Gasteiger partial charge on any atom is -0.497 e. The number of hydrogen-bond acceptors (Lipinski definition) is 11. The van der Waals surface area contributed by atoms with E-state index < -0.39 is 12.1 Å². The summed E-state index contributed by atoms with van der Waals surface area (Å²) in [4.78, 5) is 59.9. The molecule has 0 saturated carbocycles. The van der Waals surface area contributed by atoms with Gasteiger partial charge < -0.3 is 33.7 Å². The number of amides is 3. The van der Waals surface area contributed by atoms with E-state index in [0.717, 1.165) is 44.3 Å². The van der Waals surface area contributed by atoms with Crippen LogP contribution in [0, 0.1) is 5.82 Å². The van der Waals surface area contributed by atoms with Crippen molar-refractivity contribution >= 4 is 57.9 Å². The zero-order valence-electron chi connectivity index (χ0n) is 42.5. The standard InChI is InChI=1S/C57H55Cl2FN10O7/c1-36(2)77-50-27-46(74-3)15-16-47(50)56-65-53(38-7-11-43(58)12-8-38)54(39-9-13-44(59)14-10-39)70(56)57(73)67-19-18-66(52(72)35-67)20-22-76-24-23-75-21-17-51(71)69-34-41(29-64-69)40-26-48-49(31-62-55(48)61-28-40)42-30-63-68(33-42)32-37-5-4-6-45(60)25-37/h4-16,25-31,33-34,36,53-54H,17-24,32,35H2,1-3H3,(H,61,62)/t53-,54+/m1/s1. The largest absolute Gasteiger partial charge is 0.497 e. The van der Waals surface area contributed by atoms with Gasteiger partial charge in [-0.15, -0.1) is 0 Å². The molecule has 4 aromatic heterocycles. The number of piperazine rings is 1. The lowest BCUT2D eigenvalue weighted by Crippen LogP contribution is -2.56. The molecule has 2 atom stereocenters. The molecule has 10 rings (SSSR count). The number of nitrogens with one attached hydrogen (secondary N) is 1. The van der Waals surface area contributed by atoms with Crippen molar-refractivity contribution in [2.75, 3.05) is 59.7 Å². The number of pyridine rings is 1. The minimum absolute atomic E-state index is 0.0947. The second-order valence-electron chi connectivity index (χ2n) is 18.9. The molecule has 1 N–H and O–H groups in total. The maximum atomic E-state index is 15.1. The second kappa shape index (κ2) is 23.6. The van der Waals surface area contributed by atoms with Crippen molar-refractivity contribution in [3.63, 3.8) is 0 Å². The maximum absolute atomic E-state index is 15.1. The molecule has 1 saturated heterocycles. The number of methoxy groups -OCH3 is 1. The third kappa shape index (κ3) is 12.1. The van der Waals surface area contributed by atoms with Gasteiger partial charge >= 0.3 is 6.03 Å². The quantitative estimate of drug-likeness (QED) is 0.0768. The van der Waals surface area contributed by atoms with Gasteiger partial charge in [0.05, 0.1) is 76.6 Å². The summed E-state index contributed by atoms with van der Waals surface area (Å²) in [6.45, 7) is 5.92. The monoisotopic (exact) mass is 1080 g/mol. The van der Waals surface area contributed by atoms with Crippen molar-refractivity contribution in [1.29, 1.82) is 0 Å². The van der Waals surface area contributed by atoms with Gasteiger partial charge in [-0.2, -0.15) is 10.2 Å². The fourth-order valence-corrected chi connectivity index (χ4v) is 9.72. The van der Waals surface area contributed by atoms with Crippen LogP contribution in [0.3, 0.4) is 0 Å². The van der Waals surface area contributed by atoms with Crippen LogP contribution in [-0.4, -0.2) is 134 Å². The Morgan fingerprint density at radius 1 is 0.805 bits per heavy atom. The van der Waals surface area contributed by atoms with E-state index in [0.29, 0.717) is 58.2 Å². The van der Waals surface area contributed by atoms with Gasteiger partial charge in [-0.05, 0) is 85.1 Å². The average molecular weight is 1080 g/mol. The number of aromatic nitrogens is 6. The molecule has 1 fully saturated rings. The molecule has 0 spiro atoms. The number of benzene rings is 4. The Hall–Kier alpha value is -7.90. The normalized spacial score (nSPS) is 15.7. The number of carbonyl (C=O) groups is 3. The fraction of sp³-hybridized carbons (Fsp3) is 0.281. The van der Waals surface area contributed by atoms with Crippen LogP contribution in [0.25, 0.3) is 33.3 Å².